The summed E-state index contributed by atoms with van der Waals surface area (Å²) in [6.45, 7) is 1.79. The van der Waals surface area contributed by atoms with E-state index in [1.807, 2.05) is 37.6 Å². The van der Waals surface area contributed by atoms with Gasteiger partial charge in [0.2, 0.25) is 11.9 Å². The molecule has 2 aliphatic rings. The lowest BCUT2D eigenvalue weighted by molar-refractivity contribution is -0.120. The van der Waals surface area contributed by atoms with Crippen molar-refractivity contribution >= 4 is 22.8 Å². The number of hydrogen-bond acceptors (Lipinski definition) is 6. The third-order valence-corrected chi connectivity index (χ3v) is 5.59. The number of carbonyl (C=O) groups is 1. The fraction of sp³-hybridized carbons (Fsp3) is 0.400. The first kappa shape index (κ1) is 17.3. The van der Waals surface area contributed by atoms with E-state index < -0.39 is 0 Å². The molecule has 8 nitrogen and oxygen atoms in total. The highest BCUT2D eigenvalue weighted by Crippen LogP contribution is 2.28. The molecule has 0 saturated carbocycles. The molecule has 4 heterocycles. The number of rotatable bonds is 4. The zero-order valence-electron chi connectivity index (χ0n) is 15.7. The standard InChI is InChI=1S/C20H22N6O2/c1-25-9-15(8-22-25)13-2-3-14-7-21-20(23-18(14)6-13)24-19(27)10-26-16-4-5-17(26)12-28-11-16/h2-3,6-9,16-17H,4-5,10-12H2,1H3,(H,21,23,24,27). The first-order valence-corrected chi connectivity index (χ1v) is 9.55. The molecule has 0 aliphatic carbocycles. The van der Waals surface area contributed by atoms with Crippen molar-refractivity contribution in [2.75, 3.05) is 25.1 Å². The summed E-state index contributed by atoms with van der Waals surface area (Å²) in [5, 5.41) is 8.00. The number of benzene rings is 1. The molecule has 2 saturated heterocycles. The summed E-state index contributed by atoms with van der Waals surface area (Å²) in [6.07, 6.45) is 7.72. The first-order valence-electron chi connectivity index (χ1n) is 9.55. The Morgan fingerprint density at radius 3 is 2.79 bits per heavy atom. The number of carbonyl (C=O) groups excluding carboxylic acids is 1. The first-order chi connectivity index (χ1) is 13.7. The minimum Gasteiger partial charge on any atom is -0.378 e. The number of morpholine rings is 1. The molecular weight excluding hydrogens is 356 g/mol. The largest absolute Gasteiger partial charge is 0.378 e. The van der Waals surface area contributed by atoms with Gasteiger partial charge in [-0.05, 0) is 24.5 Å². The summed E-state index contributed by atoms with van der Waals surface area (Å²) in [4.78, 5) is 23.6. The van der Waals surface area contributed by atoms with Gasteiger partial charge in [0.05, 0.1) is 31.5 Å². The van der Waals surface area contributed by atoms with E-state index in [0.717, 1.165) is 34.9 Å². The van der Waals surface area contributed by atoms with Gasteiger partial charge in [0, 0.05) is 42.5 Å². The zero-order valence-corrected chi connectivity index (χ0v) is 15.7. The van der Waals surface area contributed by atoms with Crippen LogP contribution in [-0.2, 0) is 16.6 Å². The molecule has 2 bridgehead atoms. The number of aromatic nitrogens is 4. The molecule has 8 heteroatoms. The van der Waals surface area contributed by atoms with Crippen molar-refractivity contribution in [1.82, 2.24) is 24.6 Å². The van der Waals surface area contributed by atoms with Gasteiger partial charge in [-0.15, -0.1) is 0 Å². The fourth-order valence-electron chi connectivity index (χ4n) is 4.13. The maximum Gasteiger partial charge on any atom is 0.240 e. The minimum atomic E-state index is -0.0819. The molecule has 1 amide bonds. The summed E-state index contributed by atoms with van der Waals surface area (Å²) in [7, 11) is 1.89. The molecule has 5 rings (SSSR count). The predicted octanol–water partition coefficient (Wildman–Crippen LogP) is 1.83. The smallest absolute Gasteiger partial charge is 0.240 e. The van der Waals surface area contributed by atoms with Gasteiger partial charge in [-0.2, -0.15) is 5.10 Å². The van der Waals surface area contributed by atoms with Crippen LogP contribution < -0.4 is 5.32 Å². The van der Waals surface area contributed by atoms with Gasteiger partial charge in [0.1, 0.15) is 0 Å². The van der Waals surface area contributed by atoms with Crippen molar-refractivity contribution in [3.05, 3.63) is 36.8 Å². The molecule has 28 heavy (non-hydrogen) atoms. The Bertz CT molecular complexity index is 1020. The van der Waals surface area contributed by atoms with E-state index in [-0.39, 0.29) is 5.91 Å². The van der Waals surface area contributed by atoms with E-state index in [1.54, 1.807) is 10.9 Å². The molecule has 2 unspecified atom stereocenters. The van der Waals surface area contributed by atoms with E-state index in [0.29, 0.717) is 37.8 Å². The second-order valence-electron chi connectivity index (χ2n) is 7.51. The van der Waals surface area contributed by atoms with Crippen molar-refractivity contribution < 1.29 is 9.53 Å². The van der Waals surface area contributed by atoms with Crippen molar-refractivity contribution in [3.63, 3.8) is 0 Å². The van der Waals surface area contributed by atoms with Gasteiger partial charge in [-0.3, -0.25) is 19.7 Å². The van der Waals surface area contributed by atoms with Crippen LogP contribution >= 0.6 is 0 Å². The highest BCUT2D eigenvalue weighted by molar-refractivity contribution is 5.92. The normalized spacial score (nSPS) is 21.9. The molecule has 1 N–H and O–H groups in total. The van der Waals surface area contributed by atoms with Gasteiger partial charge >= 0.3 is 0 Å². The second-order valence-corrected chi connectivity index (χ2v) is 7.51. The van der Waals surface area contributed by atoms with E-state index >= 15 is 0 Å². The minimum absolute atomic E-state index is 0.0819. The van der Waals surface area contributed by atoms with Crippen molar-refractivity contribution in [3.8, 4) is 11.1 Å². The Morgan fingerprint density at radius 1 is 1.21 bits per heavy atom. The molecule has 2 aliphatic heterocycles. The summed E-state index contributed by atoms with van der Waals surface area (Å²) in [5.74, 6) is 0.253. The summed E-state index contributed by atoms with van der Waals surface area (Å²) in [5.41, 5.74) is 2.84. The number of amides is 1. The van der Waals surface area contributed by atoms with Crippen molar-refractivity contribution in [2.45, 2.75) is 24.9 Å². The van der Waals surface area contributed by atoms with E-state index in [9.17, 15) is 4.79 Å². The summed E-state index contributed by atoms with van der Waals surface area (Å²) < 4.78 is 7.35. The number of fused-ring (bicyclic) bond motifs is 3. The van der Waals surface area contributed by atoms with Gasteiger partial charge < -0.3 is 4.74 Å². The monoisotopic (exact) mass is 378 g/mol. The Hall–Kier alpha value is -2.84. The third kappa shape index (κ3) is 3.25. The van der Waals surface area contributed by atoms with Crippen LogP contribution in [0.1, 0.15) is 12.8 Å². The third-order valence-electron chi connectivity index (χ3n) is 5.59. The molecule has 0 radical (unpaired) electrons. The lowest BCUT2D eigenvalue weighted by Gasteiger charge is -2.33. The molecule has 2 atom stereocenters. The summed E-state index contributed by atoms with van der Waals surface area (Å²) >= 11 is 0. The maximum atomic E-state index is 12.5. The molecule has 2 fully saturated rings. The van der Waals surface area contributed by atoms with Crippen LogP contribution in [0.25, 0.3) is 22.0 Å². The van der Waals surface area contributed by atoms with E-state index in [4.69, 9.17) is 4.74 Å². The zero-order chi connectivity index (χ0) is 19.1. The second kappa shape index (κ2) is 6.96. The number of anilines is 1. The van der Waals surface area contributed by atoms with Crippen LogP contribution in [0.3, 0.4) is 0 Å². The summed E-state index contributed by atoms with van der Waals surface area (Å²) in [6, 6.07) is 6.70. The number of nitrogens with one attached hydrogen (secondary N) is 1. The Morgan fingerprint density at radius 2 is 2.04 bits per heavy atom. The molecule has 1 aromatic carbocycles. The number of hydrogen-bond donors (Lipinski definition) is 1. The van der Waals surface area contributed by atoms with Crippen LogP contribution in [0, 0.1) is 0 Å². The fourth-order valence-corrected chi connectivity index (χ4v) is 4.13. The SMILES string of the molecule is Cn1cc(-c2ccc3cnc(NC(=O)CN4C5CCC4COC5)nc3c2)cn1. The van der Waals surface area contributed by atoms with Gasteiger partial charge in [-0.1, -0.05) is 12.1 Å². The maximum absolute atomic E-state index is 12.5. The van der Waals surface area contributed by atoms with Crippen LogP contribution in [0.5, 0.6) is 0 Å². The van der Waals surface area contributed by atoms with Crippen LogP contribution in [0.15, 0.2) is 36.8 Å². The Labute approximate surface area is 162 Å². The van der Waals surface area contributed by atoms with E-state index in [2.05, 4.69) is 25.3 Å². The van der Waals surface area contributed by atoms with E-state index in [1.165, 1.54) is 0 Å². The van der Waals surface area contributed by atoms with Gasteiger partial charge in [-0.25, -0.2) is 9.97 Å². The van der Waals surface area contributed by atoms with Gasteiger partial charge in [0.25, 0.3) is 0 Å². The highest BCUT2D eigenvalue weighted by atomic mass is 16.5. The van der Waals surface area contributed by atoms with Gasteiger partial charge in [0.15, 0.2) is 0 Å². The topological polar surface area (TPSA) is 85.2 Å². The lowest BCUT2D eigenvalue weighted by atomic mass is 10.1. The predicted molar refractivity (Wildman–Crippen MR) is 105 cm³/mol. The van der Waals surface area contributed by atoms with Crippen LogP contribution in [0.2, 0.25) is 0 Å². The average Bonchev–Trinajstić information content (AvgIpc) is 3.20. The molecule has 144 valence electrons. The van der Waals surface area contributed by atoms with Crippen LogP contribution in [0.4, 0.5) is 5.95 Å². The number of aryl methyl sites for hydroxylation is 1. The van der Waals surface area contributed by atoms with Crippen molar-refractivity contribution in [2.24, 2.45) is 7.05 Å². The Balaban J connectivity index is 1.33. The molecule has 2 aromatic heterocycles. The molecule has 0 spiro atoms. The van der Waals surface area contributed by atoms with Crippen LogP contribution in [-0.4, -0.2) is 62.4 Å². The van der Waals surface area contributed by atoms with Crippen molar-refractivity contribution in [1.29, 1.82) is 0 Å². The molecule has 3 aromatic rings. The number of nitrogens with zero attached hydrogens (tertiary/aromatic N) is 5. The molecular formula is C20H22N6O2. The number of ether oxygens (including phenoxy) is 1. The Kier molecular flexibility index (Phi) is 4.29. The lowest BCUT2D eigenvalue weighted by Crippen LogP contribution is -2.49. The average molecular weight is 378 g/mol. The quantitative estimate of drug-likeness (QED) is 0.746. The highest BCUT2D eigenvalue weighted by Gasteiger charge is 2.38.